The van der Waals surface area contributed by atoms with Crippen LogP contribution in [-0.4, -0.2) is 24.4 Å². The average Bonchev–Trinajstić information content (AvgIpc) is 2.87. The van der Waals surface area contributed by atoms with Gasteiger partial charge in [0, 0.05) is 17.8 Å². The van der Waals surface area contributed by atoms with Gasteiger partial charge in [-0.05, 0) is 62.1 Å². The SMILES string of the molecule is Cc1cc(C)cc(N2CC[C@@H](NC(=O)c3ccccc3C)C2=O)c1. The fourth-order valence-electron chi connectivity index (χ4n) is 3.24. The van der Waals surface area contributed by atoms with Crippen LogP contribution in [0.25, 0.3) is 0 Å². The number of hydrogen-bond donors (Lipinski definition) is 1. The maximum absolute atomic E-state index is 12.7. The highest BCUT2D eigenvalue weighted by molar-refractivity contribution is 6.04. The lowest BCUT2D eigenvalue weighted by Gasteiger charge is -2.18. The van der Waals surface area contributed by atoms with E-state index in [4.69, 9.17) is 0 Å². The molecule has 0 aromatic heterocycles. The van der Waals surface area contributed by atoms with Crippen molar-refractivity contribution in [3.05, 3.63) is 64.7 Å². The van der Waals surface area contributed by atoms with Crippen LogP contribution in [0.3, 0.4) is 0 Å². The molecule has 2 amide bonds. The van der Waals surface area contributed by atoms with Crippen molar-refractivity contribution in [2.45, 2.75) is 33.2 Å². The molecule has 2 aromatic rings. The van der Waals surface area contributed by atoms with Crippen LogP contribution in [-0.2, 0) is 4.79 Å². The summed E-state index contributed by atoms with van der Waals surface area (Å²) < 4.78 is 0. The zero-order valence-electron chi connectivity index (χ0n) is 14.3. The largest absolute Gasteiger partial charge is 0.340 e. The Morgan fingerprint density at radius 2 is 1.75 bits per heavy atom. The maximum Gasteiger partial charge on any atom is 0.252 e. The summed E-state index contributed by atoms with van der Waals surface area (Å²) in [7, 11) is 0. The molecule has 24 heavy (non-hydrogen) atoms. The number of nitrogens with one attached hydrogen (secondary N) is 1. The predicted octanol–water partition coefficient (Wildman–Crippen LogP) is 3.15. The first kappa shape index (κ1) is 16.2. The van der Waals surface area contributed by atoms with E-state index in [1.165, 1.54) is 0 Å². The molecule has 1 atom stereocenters. The van der Waals surface area contributed by atoms with Crippen molar-refractivity contribution in [3.8, 4) is 0 Å². The standard InChI is InChI=1S/C20H22N2O2/c1-13-10-14(2)12-16(11-13)22-9-8-18(20(22)24)21-19(23)17-7-5-4-6-15(17)3/h4-7,10-12,18H,8-9H2,1-3H3,(H,21,23)/t18-/m1/s1. The molecule has 124 valence electrons. The van der Waals surface area contributed by atoms with E-state index in [-0.39, 0.29) is 11.8 Å². The Labute approximate surface area is 142 Å². The molecule has 2 aromatic carbocycles. The zero-order chi connectivity index (χ0) is 17.3. The van der Waals surface area contributed by atoms with Crippen molar-refractivity contribution < 1.29 is 9.59 Å². The van der Waals surface area contributed by atoms with E-state index in [2.05, 4.69) is 11.4 Å². The van der Waals surface area contributed by atoms with Gasteiger partial charge in [-0.25, -0.2) is 0 Å². The molecule has 1 aliphatic heterocycles. The zero-order valence-corrected chi connectivity index (χ0v) is 14.3. The van der Waals surface area contributed by atoms with Gasteiger partial charge in [0.1, 0.15) is 6.04 Å². The van der Waals surface area contributed by atoms with Crippen molar-refractivity contribution in [2.75, 3.05) is 11.4 Å². The van der Waals surface area contributed by atoms with Gasteiger partial charge in [0.05, 0.1) is 0 Å². The molecule has 4 nitrogen and oxygen atoms in total. The third kappa shape index (κ3) is 3.18. The highest BCUT2D eigenvalue weighted by atomic mass is 16.2. The second kappa shape index (κ2) is 6.48. The van der Waals surface area contributed by atoms with Crippen molar-refractivity contribution >= 4 is 17.5 Å². The van der Waals surface area contributed by atoms with E-state index >= 15 is 0 Å². The Morgan fingerprint density at radius 3 is 2.42 bits per heavy atom. The van der Waals surface area contributed by atoms with E-state index in [0.29, 0.717) is 18.5 Å². The quantitative estimate of drug-likeness (QED) is 0.944. The minimum absolute atomic E-state index is 0.0399. The van der Waals surface area contributed by atoms with Gasteiger partial charge in [-0.3, -0.25) is 9.59 Å². The summed E-state index contributed by atoms with van der Waals surface area (Å²) in [6.07, 6.45) is 0.628. The van der Waals surface area contributed by atoms with Gasteiger partial charge in [0.2, 0.25) is 5.91 Å². The average molecular weight is 322 g/mol. The summed E-state index contributed by atoms with van der Waals surface area (Å²) in [5.74, 6) is -0.226. The molecule has 1 aliphatic rings. The monoisotopic (exact) mass is 322 g/mol. The second-order valence-corrected chi connectivity index (χ2v) is 6.47. The first-order valence-electron chi connectivity index (χ1n) is 8.22. The van der Waals surface area contributed by atoms with Crippen molar-refractivity contribution in [2.24, 2.45) is 0 Å². The van der Waals surface area contributed by atoms with E-state index < -0.39 is 6.04 Å². The van der Waals surface area contributed by atoms with Gasteiger partial charge in [-0.15, -0.1) is 0 Å². The number of benzene rings is 2. The molecule has 0 saturated carbocycles. The van der Waals surface area contributed by atoms with Crippen molar-refractivity contribution in [1.82, 2.24) is 5.32 Å². The number of nitrogens with zero attached hydrogens (tertiary/aromatic N) is 1. The summed E-state index contributed by atoms with van der Waals surface area (Å²) in [6, 6.07) is 13.1. The molecule has 0 radical (unpaired) electrons. The first-order valence-corrected chi connectivity index (χ1v) is 8.22. The Bertz CT molecular complexity index is 778. The number of aryl methyl sites for hydroxylation is 3. The van der Waals surface area contributed by atoms with Gasteiger partial charge >= 0.3 is 0 Å². The molecule has 0 unspecified atom stereocenters. The summed E-state index contributed by atoms with van der Waals surface area (Å²) in [4.78, 5) is 26.9. The molecular weight excluding hydrogens is 300 g/mol. The van der Waals surface area contributed by atoms with Crippen molar-refractivity contribution in [3.63, 3.8) is 0 Å². The lowest BCUT2D eigenvalue weighted by Crippen LogP contribution is -2.41. The molecule has 1 N–H and O–H groups in total. The first-order chi connectivity index (χ1) is 11.5. The summed E-state index contributed by atoms with van der Waals surface area (Å²) >= 11 is 0. The maximum atomic E-state index is 12.7. The van der Waals surface area contributed by atoms with Crippen LogP contribution in [0.15, 0.2) is 42.5 Å². The van der Waals surface area contributed by atoms with E-state index in [1.54, 1.807) is 11.0 Å². The van der Waals surface area contributed by atoms with E-state index in [9.17, 15) is 9.59 Å². The smallest absolute Gasteiger partial charge is 0.252 e. The topological polar surface area (TPSA) is 49.4 Å². The van der Waals surface area contributed by atoms with Crippen LogP contribution in [0.5, 0.6) is 0 Å². The van der Waals surface area contributed by atoms with Crippen LogP contribution in [0.1, 0.15) is 33.5 Å². The van der Waals surface area contributed by atoms with Gasteiger partial charge in [-0.1, -0.05) is 24.3 Å². The van der Waals surface area contributed by atoms with Crippen LogP contribution in [0.4, 0.5) is 5.69 Å². The normalized spacial score (nSPS) is 17.2. The molecule has 4 heteroatoms. The number of carbonyl (C=O) groups is 2. The summed E-state index contributed by atoms with van der Waals surface area (Å²) in [6.45, 7) is 6.57. The molecule has 1 fully saturated rings. The fraction of sp³-hybridized carbons (Fsp3) is 0.300. The molecule has 1 saturated heterocycles. The summed E-state index contributed by atoms with van der Waals surface area (Å²) in [5.41, 5.74) is 4.70. The number of anilines is 1. The molecule has 0 spiro atoms. The minimum Gasteiger partial charge on any atom is -0.340 e. The van der Waals surface area contributed by atoms with Crippen LogP contribution >= 0.6 is 0 Å². The highest BCUT2D eigenvalue weighted by Gasteiger charge is 2.34. The highest BCUT2D eigenvalue weighted by Crippen LogP contribution is 2.24. The van der Waals surface area contributed by atoms with Gasteiger partial charge in [0.25, 0.3) is 5.91 Å². The number of amides is 2. The Morgan fingerprint density at radius 1 is 1.08 bits per heavy atom. The number of rotatable bonds is 3. The van der Waals surface area contributed by atoms with Crippen LogP contribution in [0, 0.1) is 20.8 Å². The number of hydrogen-bond acceptors (Lipinski definition) is 2. The molecule has 0 aliphatic carbocycles. The van der Waals surface area contributed by atoms with Crippen LogP contribution < -0.4 is 10.2 Å². The van der Waals surface area contributed by atoms with Gasteiger partial charge in [0.15, 0.2) is 0 Å². The second-order valence-electron chi connectivity index (χ2n) is 6.47. The van der Waals surface area contributed by atoms with E-state index in [1.807, 2.05) is 51.1 Å². The summed E-state index contributed by atoms with van der Waals surface area (Å²) in [5, 5.41) is 2.88. The van der Waals surface area contributed by atoms with Gasteiger partial charge < -0.3 is 10.2 Å². The Hall–Kier alpha value is -2.62. The van der Waals surface area contributed by atoms with E-state index in [0.717, 1.165) is 22.4 Å². The lowest BCUT2D eigenvalue weighted by atomic mass is 10.1. The predicted molar refractivity (Wildman–Crippen MR) is 95.3 cm³/mol. The Kier molecular flexibility index (Phi) is 4.38. The third-order valence-corrected chi connectivity index (χ3v) is 4.42. The van der Waals surface area contributed by atoms with Gasteiger partial charge in [-0.2, -0.15) is 0 Å². The fourth-order valence-corrected chi connectivity index (χ4v) is 3.24. The minimum atomic E-state index is -0.460. The van der Waals surface area contributed by atoms with Crippen LogP contribution in [0.2, 0.25) is 0 Å². The third-order valence-electron chi connectivity index (χ3n) is 4.42. The van der Waals surface area contributed by atoms with Crippen molar-refractivity contribution in [1.29, 1.82) is 0 Å². The molecule has 3 rings (SSSR count). The Balaban J connectivity index is 1.75. The molecular formula is C20H22N2O2. The molecule has 1 heterocycles. The number of carbonyl (C=O) groups excluding carboxylic acids is 2. The lowest BCUT2D eigenvalue weighted by molar-refractivity contribution is -0.118. The molecule has 0 bridgehead atoms.